The smallest absolute Gasteiger partial charge is 0.410 e. The summed E-state index contributed by atoms with van der Waals surface area (Å²) >= 11 is 0. The SMILES string of the molecule is COc1ccc(N2CC3CC2CN3C(=O)OC(C)(C)C)c2oc(C#Cc3cccnc3)nc12. The minimum absolute atomic E-state index is 0.106. The van der Waals surface area contributed by atoms with Gasteiger partial charge in [-0.25, -0.2) is 4.79 Å². The Morgan fingerprint density at radius 1 is 1.18 bits per heavy atom. The summed E-state index contributed by atoms with van der Waals surface area (Å²) in [5, 5.41) is 0. The van der Waals surface area contributed by atoms with Crippen molar-refractivity contribution in [3.63, 3.8) is 0 Å². The first-order chi connectivity index (χ1) is 15.8. The highest BCUT2D eigenvalue weighted by molar-refractivity contribution is 5.92. The van der Waals surface area contributed by atoms with Gasteiger partial charge in [0.05, 0.1) is 18.8 Å². The molecule has 170 valence electrons. The number of ether oxygens (including phenoxy) is 2. The van der Waals surface area contributed by atoms with E-state index in [0.717, 1.165) is 17.7 Å². The van der Waals surface area contributed by atoms with E-state index in [1.54, 1.807) is 19.5 Å². The number of pyridine rings is 1. The number of aromatic nitrogens is 2. The molecule has 4 heterocycles. The van der Waals surface area contributed by atoms with Gasteiger partial charge in [0.15, 0.2) is 11.1 Å². The lowest BCUT2D eigenvalue weighted by molar-refractivity contribution is 0.0215. The van der Waals surface area contributed by atoms with Crippen molar-refractivity contribution in [3.8, 4) is 17.6 Å². The van der Waals surface area contributed by atoms with E-state index in [0.29, 0.717) is 35.8 Å². The van der Waals surface area contributed by atoms with Crippen LogP contribution in [0.1, 0.15) is 38.6 Å². The summed E-state index contributed by atoms with van der Waals surface area (Å²) in [6.45, 7) is 6.99. The molecule has 2 aliphatic heterocycles. The first kappa shape index (κ1) is 21.1. The summed E-state index contributed by atoms with van der Waals surface area (Å²) in [6.07, 6.45) is 4.05. The van der Waals surface area contributed by atoms with Crippen LogP contribution in [-0.2, 0) is 4.74 Å². The molecule has 8 nitrogen and oxygen atoms in total. The maximum absolute atomic E-state index is 12.6. The molecule has 1 aromatic carbocycles. The average Bonchev–Trinajstić information content (AvgIpc) is 3.50. The molecule has 2 bridgehead atoms. The summed E-state index contributed by atoms with van der Waals surface area (Å²) in [4.78, 5) is 25.4. The molecular weight excluding hydrogens is 420 g/mol. The van der Waals surface area contributed by atoms with Gasteiger partial charge in [-0.3, -0.25) is 4.98 Å². The second kappa shape index (κ2) is 8.00. The van der Waals surface area contributed by atoms with E-state index in [4.69, 9.17) is 13.9 Å². The van der Waals surface area contributed by atoms with Crippen molar-refractivity contribution in [1.29, 1.82) is 0 Å². The number of likely N-dealkylation sites (tertiary alicyclic amines) is 1. The molecule has 33 heavy (non-hydrogen) atoms. The van der Waals surface area contributed by atoms with Crippen LogP contribution in [0.25, 0.3) is 11.1 Å². The van der Waals surface area contributed by atoms with E-state index >= 15 is 0 Å². The van der Waals surface area contributed by atoms with Gasteiger partial charge in [-0.15, -0.1) is 0 Å². The number of amides is 1. The van der Waals surface area contributed by atoms with E-state index < -0.39 is 5.60 Å². The summed E-state index contributed by atoms with van der Waals surface area (Å²) in [5.41, 5.74) is 2.49. The molecule has 0 saturated carbocycles. The first-order valence-electron chi connectivity index (χ1n) is 11.0. The predicted octanol–water partition coefficient (Wildman–Crippen LogP) is 3.83. The average molecular weight is 447 g/mol. The fraction of sp³-hybridized carbons (Fsp3) is 0.400. The molecule has 2 fully saturated rings. The highest BCUT2D eigenvalue weighted by Gasteiger charge is 2.47. The zero-order valence-corrected chi connectivity index (χ0v) is 19.2. The van der Waals surface area contributed by atoms with Crippen LogP contribution in [-0.4, -0.2) is 58.8 Å². The van der Waals surface area contributed by atoms with Crippen molar-refractivity contribution < 1.29 is 18.7 Å². The number of carbonyl (C=O) groups is 1. The molecule has 0 N–H and O–H groups in total. The van der Waals surface area contributed by atoms with E-state index in [1.807, 2.05) is 49.9 Å². The Kier molecular flexibility index (Phi) is 5.12. The van der Waals surface area contributed by atoms with Crippen molar-refractivity contribution in [3.05, 3.63) is 48.1 Å². The van der Waals surface area contributed by atoms with Crippen LogP contribution >= 0.6 is 0 Å². The highest BCUT2D eigenvalue weighted by Crippen LogP contribution is 2.41. The van der Waals surface area contributed by atoms with Crippen molar-refractivity contribution >= 4 is 22.9 Å². The molecule has 8 heteroatoms. The Labute approximate surface area is 192 Å². The highest BCUT2D eigenvalue weighted by atomic mass is 16.6. The number of fused-ring (bicyclic) bond motifs is 3. The third-order valence-corrected chi connectivity index (χ3v) is 5.86. The van der Waals surface area contributed by atoms with Crippen LogP contribution in [0.3, 0.4) is 0 Å². The number of carbonyl (C=O) groups excluding carboxylic acids is 1. The number of rotatable bonds is 2. The number of hydrogen-bond acceptors (Lipinski definition) is 7. The van der Waals surface area contributed by atoms with Crippen molar-refractivity contribution in [2.45, 2.75) is 44.9 Å². The van der Waals surface area contributed by atoms with Gasteiger partial charge in [0, 0.05) is 37.1 Å². The van der Waals surface area contributed by atoms with Crippen LogP contribution in [0.2, 0.25) is 0 Å². The lowest BCUT2D eigenvalue weighted by Gasteiger charge is -2.36. The predicted molar refractivity (Wildman–Crippen MR) is 123 cm³/mol. The fourth-order valence-corrected chi connectivity index (χ4v) is 4.48. The first-order valence-corrected chi connectivity index (χ1v) is 11.0. The van der Waals surface area contributed by atoms with Crippen molar-refractivity contribution in [1.82, 2.24) is 14.9 Å². The Bertz CT molecular complexity index is 1250. The molecule has 2 unspecified atom stereocenters. The molecule has 2 atom stereocenters. The van der Waals surface area contributed by atoms with E-state index in [2.05, 4.69) is 26.7 Å². The van der Waals surface area contributed by atoms with Crippen LogP contribution in [0.5, 0.6) is 5.75 Å². The molecule has 0 aliphatic carbocycles. The quantitative estimate of drug-likeness (QED) is 0.554. The molecule has 2 aromatic heterocycles. The maximum atomic E-state index is 12.6. The van der Waals surface area contributed by atoms with E-state index in [1.165, 1.54) is 0 Å². The topological polar surface area (TPSA) is 80.9 Å². The van der Waals surface area contributed by atoms with Gasteiger partial charge >= 0.3 is 6.09 Å². The number of benzene rings is 1. The molecule has 0 radical (unpaired) electrons. The summed E-state index contributed by atoms with van der Waals surface area (Å²) in [5.74, 6) is 6.97. The van der Waals surface area contributed by atoms with Crippen LogP contribution in [0, 0.1) is 11.8 Å². The molecule has 3 aromatic rings. The number of hydrogen-bond donors (Lipinski definition) is 0. The summed E-state index contributed by atoms with van der Waals surface area (Å²) < 4.78 is 17.2. The van der Waals surface area contributed by atoms with Gasteiger partial charge in [0.1, 0.15) is 11.4 Å². The number of piperazine rings is 1. The molecular formula is C25H26N4O4. The normalized spacial score (nSPS) is 19.5. The summed E-state index contributed by atoms with van der Waals surface area (Å²) in [7, 11) is 1.61. The lowest BCUT2D eigenvalue weighted by atomic mass is 10.2. The largest absolute Gasteiger partial charge is 0.494 e. The molecule has 5 rings (SSSR count). The molecule has 2 saturated heterocycles. The van der Waals surface area contributed by atoms with Gasteiger partial charge in [0.2, 0.25) is 0 Å². The number of anilines is 1. The third kappa shape index (κ3) is 4.07. The van der Waals surface area contributed by atoms with E-state index in [-0.39, 0.29) is 18.2 Å². The Balaban J connectivity index is 1.42. The standard InChI is InChI=1S/C25H26N4O4/c1-25(2,3)33-24(30)29-15-17-12-18(29)14-28(17)19-8-9-20(31-4)22-23(19)32-21(27-22)10-7-16-6-5-11-26-13-16/h5-6,8-9,11,13,17-18H,12,14-15H2,1-4H3. The monoisotopic (exact) mass is 446 g/mol. The van der Waals surface area contributed by atoms with Gasteiger partial charge in [0.25, 0.3) is 5.89 Å². The van der Waals surface area contributed by atoms with Crippen LogP contribution in [0.4, 0.5) is 10.5 Å². The maximum Gasteiger partial charge on any atom is 0.410 e. The third-order valence-electron chi connectivity index (χ3n) is 5.86. The summed E-state index contributed by atoms with van der Waals surface area (Å²) in [6, 6.07) is 7.90. The Morgan fingerprint density at radius 2 is 2.03 bits per heavy atom. The zero-order valence-electron chi connectivity index (χ0n) is 19.2. The van der Waals surface area contributed by atoms with E-state index in [9.17, 15) is 4.79 Å². The van der Waals surface area contributed by atoms with Gasteiger partial charge < -0.3 is 23.7 Å². The second-order valence-electron chi connectivity index (χ2n) is 9.30. The minimum atomic E-state index is -0.506. The van der Waals surface area contributed by atoms with Gasteiger partial charge in [-0.05, 0) is 57.4 Å². The fourth-order valence-electron chi connectivity index (χ4n) is 4.48. The molecule has 0 spiro atoms. The number of methoxy groups -OCH3 is 1. The Morgan fingerprint density at radius 3 is 2.70 bits per heavy atom. The lowest BCUT2D eigenvalue weighted by Crippen LogP contribution is -2.50. The number of oxazole rings is 1. The van der Waals surface area contributed by atoms with Crippen molar-refractivity contribution in [2.75, 3.05) is 25.1 Å². The zero-order chi connectivity index (χ0) is 23.2. The molecule has 1 amide bonds. The van der Waals surface area contributed by atoms with Crippen molar-refractivity contribution in [2.24, 2.45) is 0 Å². The van der Waals surface area contributed by atoms with Gasteiger partial charge in [-0.2, -0.15) is 4.98 Å². The molecule has 2 aliphatic rings. The van der Waals surface area contributed by atoms with Gasteiger partial charge in [-0.1, -0.05) is 5.92 Å². The number of nitrogens with zero attached hydrogens (tertiary/aromatic N) is 4. The Hall–Kier alpha value is -3.73. The van der Waals surface area contributed by atoms with Crippen LogP contribution in [0.15, 0.2) is 41.1 Å². The second-order valence-corrected chi connectivity index (χ2v) is 9.30. The minimum Gasteiger partial charge on any atom is -0.494 e. The van der Waals surface area contributed by atoms with Crippen LogP contribution < -0.4 is 9.64 Å².